The van der Waals surface area contributed by atoms with Crippen molar-refractivity contribution >= 4 is 21.8 Å². The van der Waals surface area contributed by atoms with Gasteiger partial charge in [-0.15, -0.1) is 0 Å². The lowest BCUT2D eigenvalue weighted by Gasteiger charge is -2.18. The molecule has 2 aromatic rings. The van der Waals surface area contributed by atoms with Gasteiger partial charge in [-0.3, -0.25) is 9.59 Å². The van der Waals surface area contributed by atoms with Crippen molar-refractivity contribution in [3.8, 4) is 0 Å². The molecule has 0 spiro atoms. The minimum atomic E-state index is -3.74. The predicted octanol–water partition coefficient (Wildman–Crippen LogP) is -0.157. The minimum absolute atomic E-state index is 0.0196. The molecular weight excluding hydrogens is 370 g/mol. The van der Waals surface area contributed by atoms with Gasteiger partial charge in [-0.25, -0.2) is 13.6 Å². The van der Waals surface area contributed by atoms with Crippen molar-refractivity contribution in [3.63, 3.8) is 0 Å². The molecule has 27 heavy (non-hydrogen) atoms. The number of hydrogen-bond donors (Lipinski definition) is 4. The van der Waals surface area contributed by atoms with E-state index in [4.69, 9.17) is 10.2 Å². The standard InChI is InChI=1S/C18H21N3O5S/c19-27(25,26)15-8-6-13(7-9-15)10-11-20-18(24)17(21-16(23)12-22)14-4-2-1-3-5-14/h1-9,17,22H,10-12H2,(H,20,24)(H,21,23)(H2,19,25,26)/t17-/m1/s1. The first-order valence-corrected chi connectivity index (χ1v) is 9.70. The van der Waals surface area contributed by atoms with Crippen molar-refractivity contribution in [3.05, 3.63) is 65.7 Å². The summed E-state index contributed by atoms with van der Waals surface area (Å²) in [5, 5.41) is 19.2. The fraction of sp³-hybridized carbons (Fsp3) is 0.222. The van der Waals surface area contributed by atoms with E-state index in [1.54, 1.807) is 42.5 Å². The van der Waals surface area contributed by atoms with Gasteiger partial charge in [0.25, 0.3) is 0 Å². The Morgan fingerprint density at radius 1 is 1.04 bits per heavy atom. The van der Waals surface area contributed by atoms with Gasteiger partial charge in [-0.1, -0.05) is 42.5 Å². The predicted molar refractivity (Wildman–Crippen MR) is 98.9 cm³/mol. The fourth-order valence-corrected chi connectivity index (χ4v) is 2.95. The normalized spacial score (nSPS) is 12.2. The van der Waals surface area contributed by atoms with Crippen molar-refractivity contribution < 1.29 is 23.1 Å². The second-order valence-electron chi connectivity index (χ2n) is 5.80. The third-order valence-corrected chi connectivity index (χ3v) is 4.74. The zero-order chi connectivity index (χ0) is 19.9. The quantitative estimate of drug-likeness (QED) is 0.495. The van der Waals surface area contributed by atoms with Crippen LogP contribution in [0.25, 0.3) is 0 Å². The molecule has 8 nitrogen and oxygen atoms in total. The maximum absolute atomic E-state index is 12.5. The Bertz CT molecular complexity index is 883. The summed E-state index contributed by atoms with van der Waals surface area (Å²) in [6, 6.07) is 13.8. The number of primary sulfonamides is 1. The smallest absolute Gasteiger partial charge is 0.247 e. The Balaban J connectivity index is 1.98. The summed E-state index contributed by atoms with van der Waals surface area (Å²) < 4.78 is 22.5. The molecule has 9 heteroatoms. The van der Waals surface area contributed by atoms with Gasteiger partial charge < -0.3 is 15.7 Å². The highest BCUT2D eigenvalue weighted by Crippen LogP contribution is 2.13. The van der Waals surface area contributed by atoms with Crippen LogP contribution in [0.1, 0.15) is 17.2 Å². The SMILES string of the molecule is NS(=O)(=O)c1ccc(CCNC(=O)[C@H](NC(=O)CO)c2ccccc2)cc1. The highest BCUT2D eigenvalue weighted by atomic mass is 32.2. The Hall–Kier alpha value is -2.75. The first kappa shape index (κ1) is 20.6. The maximum atomic E-state index is 12.5. The van der Waals surface area contributed by atoms with Gasteiger partial charge in [0.2, 0.25) is 21.8 Å². The van der Waals surface area contributed by atoms with Gasteiger partial charge >= 0.3 is 0 Å². The van der Waals surface area contributed by atoms with Gasteiger partial charge in [0, 0.05) is 6.54 Å². The van der Waals surface area contributed by atoms with E-state index in [0.29, 0.717) is 12.0 Å². The van der Waals surface area contributed by atoms with Crippen LogP contribution in [0.5, 0.6) is 0 Å². The van der Waals surface area contributed by atoms with Crippen LogP contribution < -0.4 is 15.8 Å². The third-order valence-electron chi connectivity index (χ3n) is 3.81. The van der Waals surface area contributed by atoms with Gasteiger partial charge in [0.1, 0.15) is 12.6 Å². The second-order valence-corrected chi connectivity index (χ2v) is 7.36. The zero-order valence-corrected chi connectivity index (χ0v) is 15.3. The maximum Gasteiger partial charge on any atom is 0.247 e. The molecule has 0 saturated heterocycles. The number of amides is 2. The average Bonchev–Trinajstić information content (AvgIpc) is 2.66. The molecular formula is C18H21N3O5S. The molecule has 0 aromatic heterocycles. The van der Waals surface area contributed by atoms with Crippen molar-refractivity contribution in [1.82, 2.24) is 10.6 Å². The number of carbonyl (C=O) groups excluding carboxylic acids is 2. The summed E-state index contributed by atoms with van der Waals surface area (Å²) >= 11 is 0. The van der Waals surface area contributed by atoms with Crippen molar-refractivity contribution in [2.75, 3.05) is 13.2 Å². The molecule has 0 aliphatic rings. The Morgan fingerprint density at radius 2 is 1.67 bits per heavy atom. The second kappa shape index (κ2) is 9.26. The van der Waals surface area contributed by atoms with Crippen molar-refractivity contribution in [2.24, 2.45) is 5.14 Å². The summed E-state index contributed by atoms with van der Waals surface area (Å²) in [6.07, 6.45) is 0.464. The Kier molecular flexibility index (Phi) is 7.05. The van der Waals surface area contributed by atoms with E-state index in [0.717, 1.165) is 5.56 Å². The molecule has 0 heterocycles. The molecule has 1 atom stereocenters. The highest BCUT2D eigenvalue weighted by molar-refractivity contribution is 7.89. The van der Waals surface area contributed by atoms with E-state index >= 15 is 0 Å². The molecule has 0 saturated carbocycles. The molecule has 0 aliphatic heterocycles. The topological polar surface area (TPSA) is 139 Å². The first-order valence-electron chi connectivity index (χ1n) is 8.16. The lowest BCUT2D eigenvalue weighted by molar-refractivity contribution is -0.130. The molecule has 0 aliphatic carbocycles. The van der Waals surface area contributed by atoms with Gasteiger partial charge in [-0.05, 0) is 29.7 Å². The third kappa shape index (κ3) is 6.17. The number of hydrogen-bond acceptors (Lipinski definition) is 5. The van der Waals surface area contributed by atoms with E-state index in [9.17, 15) is 18.0 Å². The van der Waals surface area contributed by atoms with Gasteiger partial charge in [-0.2, -0.15) is 0 Å². The highest BCUT2D eigenvalue weighted by Gasteiger charge is 2.21. The molecule has 2 rings (SSSR count). The van der Waals surface area contributed by atoms with E-state index in [-0.39, 0.29) is 11.4 Å². The van der Waals surface area contributed by atoms with Crippen LogP contribution in [0, 0.1) is 0 Å². The average molecular weight is 391 g/mol. The number of benzene rings is 2. The van der Waals surface area contributed by atoms with E-state index < -0.39 is 34.5 Å². The fourth-order valence-electron chi connectivity index (χ4n) is 2.43. The lowest BCUT2D eigenvalue weighted by atomic mass is 10.1. The molecule has 5 N–H and O–H groups in total. The van der Waals surface area contributed by atoms with Crippen LogP contribution in [-0.2, 0) is 26.0 Å². The monoisotopic (exact) mass is 391 g/mol. The van der Waals surface area contributed by atoms with Crippen LogP contribution in [-0.4, -0.2) is 38.5 Å². The number of carbonyl (C=O) groups is 2. The van der Waals surface area contributed by atoms with Crippen LogP contribution in [0.15, 0.2) is 59.5 Å². The minimum Gasteiger partial charge on any atom is -0.387 e. The molecule has 0 unspecified atom stereocenters. The van der Waals surface area contributed by atoms with Crippen molar-refractivity contribution in [2.45, 2.75) is 17.4 Å². The number of aliphatic hydroxyl groups excluding tert-OH is 1. The summed E-state index contributed by atoms with van der Waals surface area (Å²) in [5.74, 6) is -1.07. The molecule has 0 radical (unpaired) electrons. The number of nitrogens with two attached hydrogens (primary N) is 1. The van der Waals surface area contributed by atoms with Crippen LogP contribution in [0.3, 0.4) is 0 Å². The summed E-state index contributed by atoms with van der Waals surface area (Å²) in [6.45, 7) is -0.432. The van der Waals surface area contributed by atoms with Crippen LogP contribution in [0.2, 0.25) is 0 Å². The van der Waals surface area contributed by atoms with Crippen LogP contribution in [0.4, 0.5) is 0 Å². The van der Waals surface area contributed by atoms with Gasteiger partial charge in [0.05, 0.1) is 4.90 Å². The molecule has 2 aromatic carbocycles. The van der Waals surface area contributed by atoms with E-state index in [1.165, 1.54) is 12.1 Å². The molecule has 2 amide bonds. The lowest BCUT2D eigenvalue weighted by Crippen LogP contribution is -2.41. The van der Waals surface area contributed by atoms with E-state index in [2.05, 4.69) is 10.6 Å². The molecule has 0 fully saturated rings. The number of sulfonamides is 1. The van der Waals surface area contributed by atoms with E-state index in [1.807, 2.05) is 0 Å². The molecule has 144 valence electrons. The van der Waals surface area contributed by atoms with Crippen molar-refractivity contribution in [1.29, 1.82) is 0 Å². The Morgan fingerprint density at radius 3 is 2.22 bits per heavy atom. The summed E-state index contributed by atoms with van der Waals surface area (Å²) in [7, 11) is -3.74. The summed E-state index contributed by atoms with van der Waals surface area (Å²) in [5.41, 5.74) is 1.41. The van der Waals surface area contributed by atoms with Gasteiger partial charge in [0.15, 0.2) is 0 Å². The largest absolute Gasteiger partial charge is 0.387 e. The zero-order valence-electron chi connectivity index (χ0n) is 14.5. The summed E-state index contributed by atoms with van der Waals surface area (Å²) in [4.78, 5) is 24.0. The first-order chi connectivity index (χ1) is 12.8. The number of nitrogens with one attached hydrogen (secondary N) is 2. The number of aliphatic hydroxyl groups is 1. The molecule has 0 bridgehead atoms. The number of rotatable bonds is 8. The Labute approximate surface area is 157 Å². The van der Waals surface area contributed by atoms with Crippen LogP contribution >= 0.6 is 0 Å².